The van der Waals surface area contributed by atoms with Gasteiger partial charge in [0.15, 0.2) is 0 Å². The van der Waals surface area contributed by atoms with Crippen LogP contribution in [0, 0.1) is 0 Å². The van der Waals surface area contributed by atoms with Crippen molar-refractivity contribution in [2.24, 2.45) is 5.73 Å². The third-order valence-corrected chi connectivity index (χ3v) is 9.63. The third-order valence-electron chi connectivity index (χ3n) is 9.63. The van der Waals surface area contributed by atoms with Crippen LogP contribution in [-0.4, -0.2) is 186 Å². The number of ether oxygens (including phenoxy) is 8. The van der Waals surface area contributed by atoms with Crippen LogP contribution in [0.1, 0.15) is 44.9 Å². The predicted octanol–water partition coefficient (Wildman–Crippen LogP) is 3.71. The summed E-state index contributed by atoms with van der Waals surface area (Å²) in [4.78, 5) is 49.7. The summed E-state index contributed by atoms with van der Waals surface area (Å²) in [7, 11) is 5.03. The zero-order chi connectivity index (χ0) is 44.8. The third kappa shape index (κ3) is 19.7. The van der Waals surface area contributed by atoms with E-state index in [0.717, 1.165) is 18.8 Å². The minimum absolute atomic E-state index is 0.214. The van der Waals surface area contributed by atoms with Gasteiger partial charge in [0.25, 0.3) is 11.8 Å². The number of carbonyl (C=O) groups is 3. The van der Waals surface area contributed by atoms with Gasteiger partial charge in [0.05, 0.1) is 104 Å². The summed E-state index contributed by atoms with van der Waals surface area (Å²) < 4.78 is 43.4. The van der Waals surface area contributed by atoms with Gasteiger partial charge in [0.1, 0.15) is 0 Å². The molecule has 0 radical (unpaired) electrons. The van der Waals surface area contributed by atoms with Crippen molar-refractivity contribution in [2.75, 3.05) is 163 Å². The highest BCUT2D eigenvalue weighted by Gasteiger charge is 2.18. The molecule has 0 saturated heterocycles. The van der Waals surface area contributed by atoms with Crippen molar-refractivity contribution in [1.29, 1.82) is 0 Å². The minimum atomic E-state index is -0.577. The van der Waals surface area contributed by atoms with E-state index in [1.807, 2.05) is 18.2 Å². The molecule has 0 unspecified atom stereocenters. The van der Waals surface area contributed by atoms with Crippen molar-refractivity contribution in [1.82, 2.24) is 14.8 Å². The molecule has 17 nitrogen and oxygen atoms in total. The molecule has 344 valence electrons. The van der Waals surface area contributed by atoms with Gasteiger partial charge in [-0.3, -0.25) is 24.3 Å². The Balaban J connectivity index is 1.41. The van der Waals surface area contributed by atoms with E-state index >= 15 is 0 Å². The van der Waals surface area contributed by atoms with Gasteiger partial charge in [-0.1, -0.05) is 6.07 Å². The molecule has 0 atom stereocenters. The first-order valence-electron chi connectivity index (χ1n) is 21.2. The first-order valence-corrected chi connectivity index (χ1v) is 21.2. The quantitative estimate of drug-likeness (QED) is 0.0816. The molecule has 3 rings (SSSR count). The number of aromatic nitrogens is 1. The zero-order valence-corrected chi connectivity index (χ0v) is 37.3. The molecular weight excluding hydrogens is 801 g/mol. The number of nitrogens with two attached hydrogens (primary N) is 1. The fraction of sp³-hybridized carbons (Fsp3) is 0.556. The van der Waals surface area contributed by atoms with Gasteiger partial charge in [-0.2, -0.15) is 0 Å². The number of amides is 3. The minimum Gasteiger partial charge on any atom is -0.383 e. The standard InChI is InChI=1S/C45H68N6O11/c1-6-51(7-2)39-11-12-41(40(35-39)42-34-36(43(46)52)13-14-47-42)48-44(53)37-9-8-10-38(33-37)45(54)49(3)15-16-50(17-19-55-4)18-20-57-23-24-59-27-28-61-31-32-62-30-29-60-26-25-58-22-21-56-5/h8-14,33-35H,6-7,15-32H2,1-5H3,(H2,46,52)(H,48,53). The molecule has 1 aromatic heterocycles. The molecule has 17 heteroatoms. The predicted molar refractivity (Wildman–Crippen MR) is 238 cm³/mol. The summed E-state index contributed by atoms with van der Waals surface area (Å²) in [5.41, 5.74) is 9.12. The summed E-state index contributed by atoms with van der Waals surface area (Å²) in [5, 5.41) is 3.00. The van der Waals surface area contributed by atoms with Gasteiger partial charge in [0.2, 0.25) is 5.91 Å². The molecule has 2 aromatic carbocycles. The Morgan fingerprint density at radius 3 is 1.73 bits per heavy atom. The number of nitrogens with zero attached hydrogens (tertiary/aromatic N) is 4. The lowest BCUT2D eigenvalue weighted by Gasteiger charge is -2.25. The molecule has 62 heavy (non-hydrogen) atoms. The molecule has 3 N–H and O–H groups in total. The maximum absolute atomic E-state index is 13.7. The van der Waals surface area contributed by atoms with Gasteiger partial charge >= 0.3 is 0 Å². The lowest BCUT2D eigenvalue weighted by molar-refractivity contribution is -0.0198. The smallest absolute Gasteiger partial charge is 0.255 e. The maximum atomic E-state index is 13.7. The van der Waals surface area contributed by atoms with Crippen LogP contribution in [0.5, 0.6) is 0 Å². The van der Waals surface area contributed by atoms with Crippen molar-refractivity contribution in [3.8, 4) is 11.3 Å². The van der Waals surface area contributed by atoms with E-state index in [4.69, 9.17) is 43.6 Å². The Kier molecular flexibility index (Phi) is 26.1. The lowest BCUT2D eigenvalue weighted by atomic mass is 10.0. The molecular formula is C45H68N6O11. The highest BCUT2D eigenvalue weighted by atomic mass is 16.6. The normalized spacial score (nSPS) is 11.3. The van der Waals surface area contributed by atoms with Crippen molar-refractivity contribution < 1.29 is 52.3 Å². The summed E-state index contributed by atoms with van der Waals surface area (Å²) in [5.74, 6) is -1.19. The second kappa shape index (κ2) is 31.3. The highest BCUT2D eigenvalue weighted by Crippen LogP contribution is 2.32. The molecule has 0 aliphatic carbocycles. The number of benzene rings is 2. The Morgan fingerprint density at radius 2 is 1.16 bits per heavy atom. The van der Waals surface area contributed by atoms with E-state index < -0.39 is 11.8 Å². The Bertz CT molecular complexity index is 1730. The molecule has 3 amide bonds. The summed E-state index contributed by atoms with van der Waals surface area (Å²) in [6.07, 6.45) is 1.52. The highest BCUT2D eigenvalue weighted by molar-refractivity contribution is 6.08. The van der Waals surface area contributed by atoms with Crippen LogP contribution >= 0.6 is 0 Å². The van der Waals surface area contributed by atoms with Crippen molar-refractivity contribution in [2.45, 2.75) is 13.8 Å². The number of anilines is 2. The van der Waals surface area contributed by atoms with Gasteiger partial charge in [-0.05, 0) is 62.4 Å². The maximum Gasteiger partial charge on any atom is 0.255 e. The second-order valence-electron chi connectivity index (χ2n) is 14.0. The van der Waals surface area contributed by atoms with Gasteiger partial charge < -0.3 is 58.7 Å². The Morgan fingerprint density at radius 1 is 0.613 bits per heavy atom. The topological polar surface area (TPSA) is 186 Å². The summed E-state index contributed by atoms with van der Waals surface area (Å²) >= 11 is 0. The van der Waals surface area contributed by atoms with Gasteiger partial charge in [-0.15, -0.1) is 0 Å². The zero-order valence-electron chi connectivity index (χ0n) is 37.3. The molecule has 1 heterocycles. The SMILES string of the molecule is CCN(CC)c1ccc(NC(=O)c2cccc(C(=O)N(C)CCN(CCOC)CCOCCOCCOCCOCCOCCOCCOC)c2)c(-c2cc(C(N)=O)ccn2)c1. The molecule has 0 spiro atoms. The first-order chi connectivity index (χ1) is 30.2. The molecule has 0 bridgehead atoms. The fourth-order valence-corrected chi connectivity index (χ4v) is 6.06. The van der Waals surface area contributed by atoms with E-state index in [9.17, 15) is 14.4 Å². The van der Waals surface area contributed by atoms with Crippen LogP contribution in [0.3, 0.4) is 0 Å². The largest absolute Gasteiger partial charge is 0.383 e. The van der Waals surface area contributed by atoms with Crippen LogP contribution in [-0.2, 0) is 37.9 Å². The number of hydrogen-bond acceptors (Lipinski definition) is 14. The van der Waals surface area contributed by atoms with E-state index in [0.29, 0.717) is 152 Å². The van der Waals surface area contributed by atoms with Crippen LogP contribution in [0.2, 0.25) is 0 Å². The number of rotatable bonds is 35. The van der Waals surface area contributed by atoms with Crippen LogP contribution in [0.4, 0.5) is 11.4 Å². The number of hydrogen-bond donors (Lipinski definition) is 2. The van der Waals surface area contributed by atoms with E-state index in [1.165, 1.54) is 6.20 Å². The van der Waals surface area contributed by atoms with Gasteiger partial charge in [0, 0.05) is 94.7 Å². The van der Waals surface area contributed by atoms with E-state index in [-0.39, 0.29) is 5.91 Å². The molecule has 0 saturated carbocycles. The van der Waals surface area contributed by atoms with Crippen LogP contribution in [0.25, 0.3) is 11.3 Å². The molecule has 3 aromatic rings. The van der Waals surface area contributed by atoms with Crippen molar-refractivity contribution >= 4 is 29.1 Å². The number of nitrogens with one attached hydrogen (secondary N) is 1. The van der Waals surface area contributed by atoms with Crippen LogP contribution < -0.4 is 16.0 Å². The monoisotopic (exact) mass is 868 g/mol. The molecule has 0 aliphatic heterocycles. The van der Waals surface area contributed by atoms with E-state index in [1.54, 1.807) is 62.6 Å². The van der Waals surface area contributed by atoms with Gasteiger partial charge in [-0.25, -0.2) is 0 Å². The number of carbonyl (C=O) groups excluding carboxylic acids is 3. The van der Waals surface area contributed by atoms with Crippen molar-refractivity contribution in [3.05, 3.63) is 77.5 Å². The molecule has 0 fully saturated rings. The number of pyridine rings is 1. The number of primary amides is 1. The van der Waals surface area contributed by atoms with Crippen molar-refractivity contribution in [3.63, 3.8) is 0 Å². The fourth-order valence-electron chi connectivity index (χ4n) is 6.06. The summed E-state index contributed by atoms with van der Waals surface area (Å²) in [6.45, 7) is 15.1. The Hall–Kier alpha value is -4.56. The average molecular weight is 869 g/mol. The lowest BCUT2D eigenvalue weighted by Crippen LogP contribution is -2.39. The Labute approximate surface area is 367 Å². The average Bonchev–Trinajstić information content (AvgIpc) is 3.29. The van der Waals surface area contributed by atoms with E-state index in [2.05, 4.69) is 33.9 Å². The van der Waals surface area contributed by atoms with Crippen LogP contribution in [0.15, 0.2) is 60.8 Å². The summed E-state index contributed by atoms with van der Waals surface area (Å²) in [6, 6.07) is 15.5. The second-order valence-corrected chi connectivity index (χ2v) is 14.0. The number of methoxy groups -OCH3 is 2. The molecule has 0 aliphatic rings. The first kappa shape index (κ1) is 51.8. The number of likely N-dealkylation sites (N-methyl/N-ethyl adjacent to an activating group) is 1.